The molecule has 1 aliphatic rings. The summed E-state index contributed by atoms with van der Waals surface area (Å²) < 4.78 is 0. The highest BCUT2D eigenvalue weighted by atomic mass is 15.3. The first-order valence-electron chi connectivity index (χ1n) is 9.05. The molecule has 0 atom stereocenters. The molecule has 0 amide bonds. The molecule has 0 fully saturated rings. The summed E-state index contributed by atoms with van der Waals surface area (Å²) in [6.45, 7) is 4.37. The molecule has 0 saturated heterocycles. The van der Waals surface area contributed by atoms with E-state index in [4.69, 9.17) is 10.9 Å². The molecule has 1 aliphatic carbocycles. The van der Waals surface area contributed by atoms with Crippen molar-refractivity contribution in [3.05, 3.63) is 28.4 Å². The molecule has 0 aromatic carbocycles. The monoisotopic (exact) mass is 329 g/mol. The molecule has 1 N–H and O–H groups in total. The molecule has 6 nitrogen and oxygen atoms in total. The van der Waals surface area contributed by atoms with Gasteiger partial charge >= 0.3 is 5.08 Å². The summed E-state index contributed by atoms with van der Waals surface area (Å²) in [4.78, 5) is 0. The van der Waals surface area contributed by atoms with Gasteiger partial charge in [-0.2, -0.15) is 5.53 Å². The molecule has 0 heterocycles. The summed E-state index contributed by atoms with van der Waals surface area (Å²) in [5.41, 5.74) is 10.5. The van der Waals surface area contributed by atoms with E-state index in [-0.39, 0.29) is 0 Å². The first kappa shape index (κ1) is 19.9. The lowest BCUT2D eigenvalue weighted by Gasteiger charge is -2.15. The molecule has 0 aromatic rings. The Balaban J connectivity index is 2.86. The van der Waals surface area contributed by atoms with E-state index in [1.807, 2.05) is 12.2 Å². The molecule has 0 bridgehead atoms. The number of nitrogens with zero attached hydrogens (tertiary/aromatic N) is 5. The maximum absolute atomic E-state index is 8.85. The molecule has 1 rings (SSSR count). The third kappa shape index (κ3) is 6.95. The van der Waals surface area contributed by atoms with Crippen molar-refractivity contribution in [3.63, 3.8) is 0 Å². The van der Waals surface area contributed by atoms with Gasteiger partial charge in [0.05, 0.1) is 5.71 Å². The molecule has 6 heteroatoms. The van der Waals surface area contributed by atoms with Gasteiger partial charge in [0.15, 0.2) is 10.8 Å². The van der Waals surface area contributed by atoms with E-state index in [2.05, 4.69) is 34.4 Å². The van der Waals surface area contributed by atoms with E-state index < -0.39 is 0 Å². The van der Waals surface area contributed by atoms with Crippen molar-refractivity contribution < 1.29 is 0 Å². The molecule has 0 saturated carbocycles. The van der Waals surface area contributed by atoms with Gasteiger partial charge in [0.2, 0.25) is 0 Å². The predicted octanol–water partition coefficient (Wildman–Crippen LogP) is 6.39. The smallest absolute Gasteiger partial charge is 0.185 e. The standard InChI is InChI=1S/C18H29N6/c1-3-5-7-9-11-15-13-18(22-24-20)16(12-10-8-6-4-2)14-17(15)21-23-19/h13-14,19H,3-12H2,1-2H3/q+1/b21-17+,22-18+,23-19?. The summed E-state index contributed by atoms with van der Waals surface area (Å²) >= 11 is 0. The van der Waals surface area contributed by atoms with Gasteiger partial charge in [-0.3, -0.25) is 0 Å². The minimum Gasteiger partial charge on any atom is -0.185 e. The lowest BCUT2D eigenvalue weighted by atomic mass is 9.90. The predicted molar refractivity (Wildman–Crippen MR) is 98.8 cm³/mol. The fourth-order valence-electron chi connectivity index (χ4n) is 2.84. The van der Waals surface area contributed by atoms with E-state index in [0.29, 0.717) is 5.71 Å². The number of diazo groups is 1. The van der Waals surface area contributed by atoms with Crippen LogP contribution in [0, 0.1) is 10.9 Å². The maximum Gasteiger partial charge on any atom is 0.339 e. The highest BCUT2D eigenvalue weighted by molar-refractivity contribution is 6.23. The Hall–Kier alpha value is -2.16. The minimum atomic E-state index is 0.698. The van der Waals surface area contributed by atoms with E-state index in [1.165, 1.54) is 38.5 Å². The minimum absolute atomic E-state index is 0.698. The van der Waals surface area contributed by atoms with Crippen molar-refractivity contribution in [1.29, 1.82) is 10.9 Å². The van der Waals surface area contributed by atoms with Gasteiger partial charge < -0.3 is 0 Å². The Labute approximate surface area is 144 Å². The highest BCUT2D eigenvalue weighted by Gasteiger charge is 2.20. The molecular formula is C18H29N6+. The topological polar surface area (TPSA) is 89.1 Å². The summed E-state index contributed by atoms with van der Waals surface area (Å²) in [7, 11) is 0. The Bertz CT molecular complexity index is 563. The van der Waals surface area contributed by atoms with Crippen LogP contribution in [-0.4, -0.2) is 11.4 Å². The van der Waals surface area contributed by atoms with E-state index in [9.17, 15) is 0 Å². The lowest BCUT2D eigenvalue weighted by molar-refractivity contribution is 0.667. The van der Waals surface area contributed by atoms with Gasteiger partial charge in [-0.25, -0.2) is 0 Å². The molecule has 24 heavy (non-hydrogen) atoms. The summed E-state index contributed by atoms with van der Waals surface area (Å²) in [5.74, 6) is 0. The molecule has 0 aliphatic heterocycles. The van der Waals surface area contributed by atoms with E-state index in [0.717, 1.165) is 42.5 Å². The van der Waals surface area contributed by atoms with Crippen LogP contribution in [0.4, 0.5) is 0 Å². The second-order valence-electron chi connectivity index (χ2n) is 6.12. The first-order chi connectivity index (χ1) is 11.8. The highest BCUT2D eigenvalue weighted by Crippen LogP contribution is 2.23. The normalized spacial score (nSPS) is 17.5. The summed E-state index contributed by atoms with van der Waals surface area (Å²) in [6, 6.07) is 0. The quantitative estimate of drug-likeness (QED) is 0.154. The van der Waals surface area contributed by atoms with Crippen LogP contribution in [0.25, 0.3) is 5.08 Å². The second-order valence-corrected chi connectivity index (χ2v) is 6.12. The number of hydrogen-bond acceptors (Lipinski definition) is 4. The van der Waals surface area contributed by atoms with Gasteiger partial charge in [-0.05, 0) is 49.0 Å². The average molecular weight is 329 g/mol. The molecule has 130 valence electrons. The van der Waals surface area contributed by atoms with Gasteiger partial charge in [-0.15, -0.1) is 5.10 Å². The number of hydrogen-bond donors (Lipinski definition) is 1. The molecular weight excluding hydrogens is 300 g/mol. The van der Waals surface area contributed by atoms with Gasteiger partial charge in [0.1, 0.15) is 0 Å². The van der Waals surface area contributed by atoms with Gasteiger partial charge in [0, 0.05) is 0 Å². The Morgan fingerprint density at radius 1 is 0.875 bits per heavy atom. The van der Waals surface area contributed by atoms with Gasteiger partial charge in [-0.1, -0.05) is 57.6 Å². The van der Waals surface area contributed by atoms with Crippen LogP contribution in [0.15, 0.2) is 38.7 Å². The van der Waals surface area contributed by atoms with Crippen molar-refractivity contribution in [2.75, 3.05) is 0 Å². The summed E-state index contributed by atoms with van der Waals surface area (Å²) in [5, 5.41) is 22.9. The van der Waals surface area contributed by atoms with E-state index >= 15 is 0 Å². The fraction of sp³-hybridized carbons (Fsp3) is 0.667. The Morgan fingerprint density at radius 3 is 1.92 bits per heavy atom. The SMILES string of the molecule is CCCCCCC1=CC(=N\[N+]#N)/C(CCCCCC)=CC/1=N\N=N. The zero-order chi connectivity index (χ0) is 17.6. The third-order valence-corrected chi connectivity index (χ3v) is 4.19. The van der Waals surface area contributed by atoms with Crippen molar-refractivity contribution in [2.24, 2.45) is 15.4 Å². The third-order valence-electron chi connectivity index (χ3n) is 4.19. The maximum atomic E-state index is 8.85. The zero-order valence-corrected chi connectivity index (χ0v) is 15.0. The van der Waals surface area contributed by atoms with Crippen LogP contribution < -0.4 is 0 Å². The number of allylic oxidation sites excluding steroid dienone is 4. The second kappa shape index (κ2) is 12.3. The number of rotatable bonds is 11. The van der Waals surface area contributed by atoms with Crippen molar-refractivity contribution >= 4 is 11.4 Å². The van der Waals surface area contributed by atoms with Crippen LogP contribution in [-0.2, 0) is 0 Å². The van der Waals surface area contributed by atoms with E-state index in [1.54, 1.807) is 0 Å². The van der Waals surface area contributed by atoms with Crippen molar-refractivity contribution in [1.82, 2.24) is 0 Å². The molecule has 0 aromatic heterocycles. The fourth-order valence-corrected chi connectivity index (χ4v) is 2.84. The Kier molecular flexibility index (Phi) is 10.2. The van der Waals surface area contributed by atoms with Gasteiger partial charge in [0.25, 0.3) is 5.39 Å². The van der Waals surface area contributed by atoms with Crippen LogP contribution in [0.5, 0.6) is 0 Å². The number of nitrogens with one attached hydrogen (secondary N) is 1. The van der Waals surface area contributed by atoms with Crippen molar-refractivity contribution in [2.45, 2.75) is 78.1 Å². The Morgan fingerprint density at radius 2 is 1.42 bits per heavy atom. The van der Waals surface area contributed by atoms with Crippen LogP contribution >= 0.6 is 0 Å². The first-order valence-corrected chi connectivity index (χ1v) is 9.05. The zero-order valence-electron chi connectivity index (χ0n) is 15.0. The van der Waals surface area contributed by atoms with Crippen LogP contribution in [0.3, 0.4) is 0 Å². The number of unbranched alkanes of at least 4 members (excludes halogenated alkanes) is 6. The largest absolute Gasteiger partial charge is 0.339 e. The van der Waals surface area contributed by atoms with Crippen LogP contribution in [0.1, 0.15) is 78.1 Å². The summed E-state index contributed by atoms with van der Waals surface area (Å²) in [6.07, 6.45) is 14.9. The molecule has 0 spiro atoms. The average Bonchev–Trinajstić information content (AvgIpc) is 2.58. The molecule has 0 unspecified atom stereocenters. The molecule has 0 radical (unpaired) electrons. The van der Waals surface area contributed by atoms with Crippen LogP contribution in [0.2, 0.25) is 0 Å². The lowest BCUT2D eigenvalue weighted by Crippen LogP contribution is -2.14. The van der Waals surface area contributed by atoms with Crippen molar-refractivity contribution in [3.8, 4) is 0 Å².